The van der Waals surface area contributed by atoms with Gasteiger partial charge >= 0.3 is 0 Å². The minimum atomic E-state index is 0.00869. The smallest absolute Gasteiger partial charge is 0.221 e. The van der Waals surface area contributed by atoms with Crippen molar-refractivity contribution >= 4 is 11.6 Å². The average Bonchev–Trinajstić information content (AvgIpc) is 2.29. The van der Waals surface area contributed by atoms with Gasteiger partial charge in [-0.25, -0.2) is 0 Å². The first-order chi connectivity index (χ1) is 8.20. The maximum absolute atomic E-state index is 11.1. The molecule has 92 valence electrons. The van der Waals surface area contributed by atoms with E-state index in [0.717, 1.165) is 31.7 Å². The van der Waals surface area contributed by atoms with Crippen LogP contribution in [0, 0.1) is 0 Å². The van der Waals surface area contributed by atoms with Gasteiger partial charge in [0.2, 0.25) is 5.91 Å². The Morgan fingerprint density at radius 1 is 1.47 bits per heavy atom. The van der Waals surface area contributed by atoms with Crippen LogP contribution in [-0.2, 0) is 17.8 Å². The highest BCUT2D eigenvalue weighted by Gasteiger charge is 2.18. The number of rotatable bonds is 3. The van der Waals surface area contributed by atoms with E-state index in [9.17, 15) is 4.79 Å². The molecular formula is C14H20N2O. The van der Waals surface area contributed by atoms with E-state index in [2.05, 4.69) is 23.2 Å². The number of nitrogens with zero attached hydrogens (tertiary/aromatic N) is 1. The van der Waals surface area contributed by atoms with Crippen LogP contribution in [-0.4, -0.2) is 23.9 Å². The molecule has 1 aliphatic heterocycles. The lowest BCUT2D eigenvalue weighted by Gasteiger charge is -2.29. The zero-order chi connectivity index (χ0) is 12.3. The summed E-state index contributed by atoms with van der Waals surface area (Å²) < 4.78 is 0. The minimum absolute atomic E-state index is 0.00869. The monoisotopic (exact) mass is 232 g/mol. The van der Waals surface area contributed by atoms with Crippen LogP contribution in [0.5, 0.6) is 0 Å². The summed E-state index contributed by atoms with van der Waals surface area (Å²) in [5, 5.41) is 2.92. The molecule has 1 heterocycles. The maximum Gasteiger partial charge on any atom is 0.221 e. The van der Waals surface area contributed by atoms with Crippen molar-refractivity contribution in [1.29, 1.82) is 0 Å². The van der Waals surface area contributed by atoms with Crippen LogP contribution in [0.1, 0.15) is 31.4 Å². The lowest BCUT2D eigenvalue weighted by atomic mass is 9.97. The second kappa shape index (κ2) is 5.32. The second-order valence-electron chi connectivity index (χ2n) is 4.65. The third kappa shape index (κ3) is 2.86. The molecule has 0 aromatic heterocycles. The zero-order valence-corrected chi connectivity index (χ0v) is 10.6. The summed E-state index contributed by atoms with van der Waals surface area (Å²) in [5.41, 5.74) is 3.66. The van der Waals surface area contributed by atoms with E-state index in [1.165, 1.54) is 17.5 Å². The van der Waals surface area contributed by atoms with Crippen LogP contribution in [0.25, 0.3) is 0 Å². The molecule has 1 N–H and O–H groups in total. The molecule has 0 radical (unpaired) electrons. The zero-order valence-electron chi connectivity index (χ0n) is 10.6. The summed E-state index contributed by atoms with van der Waals surface area (Å²) in [7, 11) is 0. The number of fused-ring (bicyclic) bond motifs is 1. The molecule has 3 heteroatoms. The van der Waals surface area contributed by atoms with Gasteiger partial charge in [0.25, 0.3) is 0 Å². The molecule has 0 saturated carbocycles. The molecule has 0 atom stereocenters. The lowest BCUT2D eigenvalue weighted by Crippen LogP contribution is -2.31. The summed E-state index contributed by atoms with van der Waals surface area (Å²) in [5.74, 6) is 0.00869. The van der Waals surface area contributed by atoms with Crippen molar-refractivity contribution in [1.82, 2.24) is 4.90 Å². The Morgan fingerprint density at radius 2 is 2.29 bits per heavy atom. The Kier molecular flexibility index (Phi) is 3.79. The minimum Gasteiger partial charge on any atom is -0.326 e. The average molecular weight is 232 g/mol. The number of amides is 1. The third-order valence-corrected chi connectivity index (χ3v) is 3.20. The maximum atomic E-state index is 11.1. The number of hydrogen-bond donors (Lipinski definition) is 1. The number of anilines is 1. The van der Waals surface area contributed by atoms with Gasteiger partial charge in [0.1, 0.15) is 0 Å². The Bertz CT molecular complexity index is 415. The van der Waals surface area contributed by atoms with E-state index in [1.54, 1.807) is 6.92 Å². The van der Waals surface area contributed by atoms with Gasteiger partial charge in [0, 0.05) is 25.7 Å². The molecule has 0 unspecified atom stereocenters. The van der Waals surface area contributed by atoms with Gasteiger partial charge in [-0.1, -0.05) is 19.1 Å². The van der Waals surface area contributed by atoms with E-state index in [-0.39, 0.29) is 5.91 Å². The predicted molar refractivity (Wildman–Crippen MR) is 70.0 cm³/mol. The van der Waals surface area contributed by atoms with Crippen LogP contribution in [0.15, 0.2) is 18.2 Å². The van der Waals surface area contributed by atoms with E-state index in [4.69, 9.17) is 0 Å². The number of benzene rings is 1. The molecule has 0 spiro atoms. The molecule has 1 amide bonds. The lowest BCUT2D eigenvalue weighted by molar-refractivity contribution is -0.114. The summed E-state index contributed by atoms with van der Waals surface area (Å²) in [6, 6.07) is 6.19. The molecule has 0 saturated heterocycles. The quantitative estimate of drug-likeness (QED) is 0.868. The van der Waals surface area contributed by atoms with Crippen LogP contribution >= 0.6 is 0 Å². The number of nitrogens with one attached hydrogen (secondary N) is 1. The van der Waals surface area contributed by atoms with E-state index < -0.39 is 0 Å². The summed E-state index contributed by atoms with van der Waals surface area (Å²) in [4.78, 5) is 13.6. The van der Waals surface area contributed by atoms with Gasteiger partial charge in [-0.05, 0) is 36.6 Å². The molecule has 1 aromatic rings. The third-order valence-electron chi connectivity index (χ3n) is 3.20. The van der Waals surface area contributed by atoms with Crippen LogP contribution in [0.3, 0.4) is 0 Å². The fourth-order valence-electron chi connectivity index (χ4n) is 2.48. The SMILES string of the molecule is CCCN1CCc2c(cccc2NC(C)=O)C1. The fraction of sp³-hybridized carbons (Fsp3) is 0.500. The Labute approximate surface area is 103 Å². The topological polar surface area (TPSA) is 32.3 Å². The summed E-state index contributed by atoms with van der Waals surface area (Å²) >= 11 is 0. The molecule has 1 aliphatic rings. The van der Waals surface area contributed by atoms with Gasteiger partial charge in [0.05, 0.1) is 0 Å². The molecule has 0 aliphatic carbocycles. The van der Waals surface area contributed by atoms with Crippen molar-refractivity contribution in [3.8, 4) is 0 Å². The van der Waals surface area contributed by atoms with Crippen molar-refractivity contribution in [2.45, 2.75) is 33.2 Å². The first-order valence-electron chi connectivity index (χ1n) is 6.31. The molecule has 1 aromatic carbocycles. The Morgan fingerprint density at radius 3 is 3.00 bits per heavy atom. The van der Waals surface area contributed by atoms with Crippen LogP contribution in [0.4, 0.5) is 5.69 Å². The van der Waals surface area contributed by atoms with Crippen molar-refractivity contribution in [3.63, 3.8) is 0 Å². The van der Waals surface area contributed by atoms with Crippen LogP contribution < -0.4 is 5.32 Å². The molecule has 0 bridgehead atoms. The highest BCUT2D eigenvalue weighted by molar-refractivity contribution is 5.89. The number of hydrogen-bond acceptors (Lipinski definition) is 2. The van der Waals surface area contributed by atoms with Gasteiger partial charge in [-0.2, -0.15) is 0 Å². The summed E-state index contributed by atoms with van der Waals surface area (Å²) in [6.45, 7) is 7.03. The van der Waals surface area contributed by atoms with Gasteiger partial charge in [-0.15, -0.1) is 0 Å². The van der Waals surface area contributed by atoms with Gasteiger partial charge in [-0.3, -0.25) is 9.69 Å². The van der Waals surface area contributed by atoms with Crippen molar-refractivity contribution in [3.05, 3.63) is 29.3 Å². The predicted octanol–water partition coefficient (Wildman–Crippen LogP) is 2.41. The van der Waals surface area contributed by atoms with Crippen molar-refractivity contribution in [2.24, 2.45) is 0 Å². The largest absolute Gasteiger partial charge is 0.326 e. The highest BCUT2D eigenvalue weighted by Crippen LogP contribution is 2.26. The standard InChI is InChI=1S/C14H20N2O/c1-3-8-16-9-7-13-12(10-16)5-4-6-14(13)15-11(2)17/h4-6H,3,7-10H2,1-2H3,(H,15,17). The number of carbonyl (C=O) groups is 1. The van der Waals surface area contributed by atoms with E-state index in [1.807, 2.05) is 12.1 Å². The second-order valence-corrected chi connectivity index (χ2v) is 4.65. The van der Waals surface area contributed by atoms with E-state index in [0.29, 0.717) is 0 Å². The van der Waals surface area contributed by atoms with Gasteiger partial charge in [0.15, 0.2) is 0 Å². The molecule has 3 nitrogen and oxygen atoms in total. The first kappa shape index (κ1) is 12.1. The van der Waals surface area contributed by atoms with Crippen LogP contribution in [0.2, 0.25) is 0 Å². The molecular weight excluding hydrogens is 212 g/mol. The first-order valence-corrected chi connectivity index (χ1v) is 6.31. The highest BCUT2D eigenvalue weighted by atomic mass is 16.1. The molecule has 0 fully saturated rings. The molecule has 2 rings (SSSR count). The molecule has 17 heavy (non-hydrogen) atoms. The van der Waals surface area contributed by atoms with Crippen molar-refractivity contribution in [2.75, 3.05) is 18.4 Å². The fourth-order valence-corrected chi connectivity index (χ4v) is 2.48. The van der Waals surface area contributed by atoms with Crippen molar-refractivity contribution < 1.29 is 4.79 Å². The summed E-state index contributed by atoms with van der Waals surface area (Å²) in [6.07, 6.45) is 2.23. The van der Waals surface area contributed by atoms with E-state index >= 15 is 0 Å². The Balaban J connectivity index is 2.19. The Hall–Kier alpha value is -1.35. The van der Waals surface area contributed by atoms with Gasteiger partial charge < -0.3 is 5.32 Å². The number of carbonyl (C=O) groups excluding carboxylic acids is 1. The normalized spacial score (nSPS) is 15.4.